The van der Waals surface area contributed by atoms with Crippen LogP contribution >= 0.6 is 22.9 Å². The molecule has 3 aromatic rings. The van der Waals surface area contributed by atoms with Crippen LogP contribution in [0.5, 0.6) is 0 Å². The third-order valence-corrected chi connectivity index (χ3v) is 4.31. The number of nitrogens with one attached hydrogen (secondary N) is 1. The number of methoxy groups -OCH3 is 1. The van der Waals surface area contributed by atoms with Gasteiger partial charge in [0.25, 0.3) is 5.91 Å². The Hall–Kier alpha value is -1.96. The molecule has 0 unspecified atom stereocenters. The van der Waals surface area contributed by atoms with E-state index in [1.54, 1.807) is 17.8 Å². The Balaban J connectivity index is 1.91. The molecular formula is C14H13ClN4O2S. The molecule has 3 heterocycles. The summed E-state index contributed by atoms with van der Waals surface area (Å²) < 4.78 is 7.10. The minimum absolute atomic E-state index is 0.258. The fourth-order valence-corrected chi connectivity index (χ4v) is 3.11. The van der Waals surface area contributed by atoms with Crippen LogP contribution in [0.15, 0.2) is 30.6 Å². The summed E-state index contributed by atoms with van der Waals surface area (Å²) in [6.07, 6.45) is 3.54. The van der Waals surface area contributed by atoms with Gasteiger partial charge < -0.3 is 10.1 Å². The van der Waals surface area contributed by atoms with Crippen molar-refractivity contribution in [1.82, 2.24) is 19.9 Å². The molecule has 0 spiro atoms. The largest absolute Gasteiger partial charge is 0.383 e. The molecule has 6 nitrogen and oxygen atoms in total. The number of hydrogen-bond donors (Lipinski definition) is 1. The smallest absolute Gasteiger partial charge is 0.280 e. The molecule has 0 bridgehead atoms. The van der Waals surface area contributed by atoms with Gasteiger partial charge >= 0.3 is 0 Å². The molecule has 1 N–H and O–H groups in total. The van der Waals surface area contributed by atoms with Gasteiger partial charge in [0.05, 0.1) is 18.3 Å². The molecule has 0 fully saturated rings. The number of carbonyl (C=O) groups is 1. The summed E-state index contributed by atoms with van der Waals surface area (Å²) in [5, 5.41) is 7.31. The molecule has 114 valence electrons. The van der Waals surface area contributed by atoms with E-state index in [0.29, 0.717) is 28.2 Å². The Bertz CT molecular complexity index is 814. The van der Waals surface area contributed by atoms with E-state index in [1.165, 1.54) is 0 Å². The zero-order chi connectivity index (χ0) is 15.5. The van der Waals surface area contributed by atoms with Crippen LogP contribution in [0.4, 0.5) is 0 Å². The minimum atomic E-state index is -0.258. The van der Waals surface area contributed by atoms with Gasteiger partial charge in [-0.15, -0.1) is 0 Å². The fraction of sp³-hybridized carbons (Fsp3) is 0.214. The highest BCUT2D eigenvalue weighted by molar-refractivity contribution is 7.18. The number of hydrogen-bond acceptors (Lipinski definition) is 5. The van der Waals surface area contributed by atoms with Crippen LogP contribution in [-0.4, -0.2) is 40.8 Å². The number of fused-ring (bicyclic) bond motifs is 1. The van der Waals surface area contributed by atoms with Gasteiger partial charge in [-0.2, -0.15) is 5.10 Å². The molecule has 22 heavy (non-hydrogen) atoms. The zero-order valence-corrected chi connectivity index (χ0v) is 13.3. The van der Waals surface area contributed by atoms with Crippen molar-refractivity contribution in [3.05, 3.63) is 39.9 Å². The summed E-state index contributed by atoms with van der Waals surface area (Å²) in [4.78, 5) is 16.4. The third-order valence-electron chi connectivity index (χ3n) is 3.05. The second-order valence-electron chi connectivity index (χ2n) is 4.48. The number of halogens is 1. The number of aromatic nitrogens is 3. The SMILES string of the molecule is COCCNC(=O)c1nc(-c2cnn3ccccc23)c(Cl)s1. The lowest BCUT2D eigenvalue weighted by atomic mass is 10.2. The van der Waals surface area contributed by atoms with Gasteiger partial charge in [-0.05, 0) is 12.1 Å². The summed E-state index contributed by atoms with van der Waals surface area (Å²) in [5.74, 6) is -0.258. The van der Waals surface area contributed by atoms with Crippen LogP contribution < -0.4 is 5.32 Å². The Morgan fingerprint density at radius 2 is 2.36 bits per heavy atom. The van der Waals surface area contributed by atoms with Crippen LogP contribution in [0.2, 0.25) is 4.34 Å². The van der Waals surface area contributed by atoms with E-state index >= 15 is 0 Å². The number of carbonyl (C=O) groups excluding carboxylic acids is 1. The second-order valence-corrected chi connectivity index (χ2v) is 6.08. The van der Waals surface area contributed by atoms with E-state index in [0.717, 1.165) is 22.4 Å². The van der Waals surface area contributed by atoms with Crippen LogP contribution in [0.1, 0.15) is 9.80 Å². The van der Waals surface area contributed by atoms with Crippen LogP contribution in [0.3, 0.4) is 0 Å². The highest BCUT2D eigenvalue weighted by Gasteiger charge is 2.19. The average molecular weight is 337 g/mol. The molecule has 0 aromatic carbocycles. The topological polar surface area (TPSA) is 68.5 Å². The maximum Gasteiger partial charge on any atom is 0.280 e. The number of ether oxygens (including phenoxy) is 1. The maximum atomic E-state index is 12.0. The molecule has 8 heteroatoms. The molecule has 0 aliphatic heterocycles. The highest BCUT2D eigenvalue weighted by atomic mass is 35.5. The molecule has 0 saturated carbocycles. The summed E-state index contributed by atoms with van der Waals surface area (Å²) in [5.41, 5.74) is 2.27. The highest BCUT2D eigenvalue weighted by Crippen LogP contribution is 2.34. The molecule has 0 radical (unpaired) electrons. The van der Waals surface area contributed by atoms with Crippen molar-refractivity contribution >= 4 is 34.4 Å². The molecule has 0 saturated heterocycles. The quantitative estimate of drug-likeness (QED) is 0.727. The molecule has 3 aromatic heterocycles. The first kappa shape index (κ1) is 15.0. The molecule has 0 atom stereocenters. The van der Waals surface area contributed by atoms with Crippen molar-refractivity contribution < 1.29 is 9.53 Å². The summed E-state index contributed by atoms with van der Waals surface area (Å²) in [6.45, 7) is 0.879. The van der Waals surface area contributed by atoms with Crippen LogP contribution in [0, 0.1) is 0 Å². The predicted octanol–water partition coefficient (Wildman–Crippen LogP) is 2.49. The van der Waals surface area contributed by atoms with Crippen molar-refractivity contribution in [2.75, 3.05) is 20.3 Å². The Labute approximate surface area is 135 Å². The lowest BCUT2D eigenvalue weighted by Crippen LogP contribution is -2.26. The number of thiazole rings is 1. The second kappa shape index (κ2) is 6.43. The van der Waals surface area contributed by atoms with Gasteiger partial charge in [-0.3, -0.25) is 4.79 Å². The van der Waals surface area contributed by atoms with Gasteiger partial charge in [-0.1, -0.05) is 29.0 Å². The number of rotatable bonds is 5. The Morgan fingerprint density at radius 1 is 1.50 bits per heavy atom. The molecule has 0 aliphatic carbocycles. The van der Waals surface area contributed by atoms with Gasteiger partial charge in [0.2, 0.25) is 0 Å². The molecule has 1 amide bonds. The first-order valence-electron chi connectivity index (χ1n) is 6.57. The standard InChI is InChI=1S/C14H13ClN4O2S/c1-21-7-5-16-13(20)14-18-11(12(15)22-14)9-8-17-19-6-3-2-4-10(9)19/h2-4,6,8H,5,7H2,1H3,(H,16,20). The van der Waals surface area contributed by atoms with Gasteiger partial charge in [0.15, 0.2) is 5.01 Å². The van der Waals surface area contributed by atoms with E-state index in [4.69, 9.17) is 16.3 Å². The van der Waals surface area contributed by atoms with Gasteiger partial charge in [-0.25, -0.2) is 9.50 Å². The summed E-state index contributed by atoms with van der Waals surface area (Å²) >= 11 is 7.41. The van der Waals surface area contributed by atoms with Crippen molar-refractivity contribution in [3.8, 4) is 11.3 Å². The maximum absolute atomic E-state index is 12.0. The summed E-state index contributed by atoms with van der Waals surface area (Å²) in [6, 6.07) is 5.73. The fourth-order valence-electron chi connectivity index (χ4n) is 2.02. The molecule has 3 rings (SSSR count). The molecular weight excluding hydrogens is 324 g/mol. The lowest BCUT2D eigenvalue weighted by molar-refractivity contribution is 0.0937. The Morgan fingerprint density at radius 3 is 3.18 bits per heavy atom. The van der Waals surface area contributed by atoms with Gasteiger partial charge in [0, 0.05) is 25.4 Å². The van der Waals surface area contributed by atoms with E-state index < -0.39 is 0 Å². The first-order valence-corrected chi connectivity index (χ1v) is 7.76. The Kier molecular flexibility index (Phi) is 4.37. The molecule has 0 aliphatic rings. The number of amides is 1. The number of pyridine rings is 1. The minimum Gasteiger partial charge on any atom is -0.383 e. The van der Waals surface area contributed by atoms with Gasteiger partial charge in [0.1, 0.15) is 10.0 Å². The average Bonchev–Trinajstić information content (AvgIpc) is 3.10. The van der Waals surface area contributed by atoms with Crippen molar-refractivity contribution in [3.63, 3.8) is 0 Å². The number of nitrogens with zero attached hydrogens (tertiary/aromatic N) is 3. The van der Waals surface area contributed by atoms with Crippen LogP contribution in [-0.2, 0) is 4.74 Å². The van der Waals surface area contributed by atoms with E-state index in [1.807, 2.05) is 24.4 Å². The van der Waals surface area contributed by atoms with E-state index in [-0.39, 0.29) is 5.91 Å². The van der Waals surface area contributed by atoms with Crippen molar-refractivity contribution in [2.45, 2.75) is 0 Å². The van der Waals surface area contributed by atoms with Crippen molar-refractivity contribution in [2.24, 2.45) is 0 Å². The first-order chi connectivity index (χ1) is 10.7. The summed E-state index contributed by atoms with van der Waals surface area (Å²) in [7, 11) is 1.58. The zero-order valence-electron chi connectivity index (χ0n) is 11.7. The van der Waals surface area contributed by atoms with Crippen molar-refractivity contribution in [1.29, 1.82) is 0 Å². The predicted molar refractivity (Wildman–Crippen MR) is 85.5 cm³/mol. The third kappa shape index (κ3) is 2.83. The lowest BCUT2D eigenvalue weighted by Gasteiger charge is -2.00. The monoisotopic (exact) mass is 336 g/mol. The van der Waals surface area contributed by atoms with E-state index in [2.05, 4.69) is 15.4 Å². The van der Waals surface area contributed by atoms with E-state index in [9.17, 15) is 4.79 Å². The normalized spacial score (nSPS) is 11.0. The van der Waals surface area contributed by atoms with Crippen LogP contribution in [0.25, 0.3) is 16.8 Å².